The Hall–Kier alpha value is -1.39. The lowest BCUT2D eigenvalue weighted by molar-refractivity contribution is 0.242. The fraction of sp³-hybridized carbons (Fsp3) is 0.294. The van der Waals surface area contributed by atoms with Gasteiger partial charge in [0.05, 0.1) is 0 Å². The van der Waals surface area contributed by atoms with Crippen molar-refractivity contribution in [1.82, 2.24) is 4.90 Å². The second kappa shape index (κ2) is 6.16. The van der Waals surface area contributed by atoms with Crippen LogP contribution in [-0.4, -0.2) is 10.9 Å². The molecule has 2 aromatic carbocycles. The number of hydrogen-bond donors (Lipinski definition) is 1. The first-order chi connectivity index (χ1) is 10.1. The van der Waals surface area contributed by atoms with Gasteiger partial charge in [0, 0.05) is 34.9 Å². The van der Waals surface area contributed by atoms with Crippen LogP contribution >= 0.6 is 15.9 Å². The molecule has 0 atom stereocenters. The number of anilines is 1. The minimum atomic E-state index is -0.146. The molecule has 0 amide bonds. The van der Waals surface area contributed by atoms with Crippen LogP contribution in [0.25, 0.3) is 0 Å². The standard InChI is InChI=1S/C17H18BrFN2/c18-14-4-3-13(17(19)9-14)11-21(16-7-8-16)10-12-1-5-15(20)6-2-12/h1-6,9,16H,7-8,10-11,20H2. The van der Waals surface area contributed by atoms with Crippen LogP contribution in [0.4, 0.5) is 10.1 Å². The highest BCUT2D eigenvalue weighted by Gasteiger charge is 2.29. The molecule has 0 saturated heterocycles. The zero-order valence-electron chi connectivity index (χ0n) is 11.7. The van der Waals surface area contributed by atoms with Crippen LogP contribution in [0.5, 0.6) is 0 Å². The predicted molar refractivity (Wildman–Crippen MR) is 87.2 cm³/mol. The summed E-state index contributed by atoms with van der Waals surface area (Å²) in [6.45, 7) is 1.48. The van der Waals surface area contributed by atoms with E-state index in [-0.39, 0.29) is 5.82 Å². The van der Waals surface area contributed by atoms with Crippen LogP contribution in [0.1, 0.15) is 24.0 Å². The van der Waals surface area contributed by atoms with Gasteiger partial charge in [-0.25, -0.2) is 4.39 Å². The summed E-state index contributed by atoms with van der Waals surface area (Å²) < 4.78 is 14.8. The lowest BCUT2D eigenvalue weighted by Crippen LogP contribution is -2.25. The number of nitrogens with two attached hydrogens (primary N) is 1. The predicted octanol–water partition coefficient (Wildman–Crippen LogP) is 4.34. The number of nitrogens with zero attached hydrogens (tertiary/aromatic N) is 1. The highest BCUT2D eigenvalue weighted by Crippen LogP contribution is 2.30. The third-order valence-electron chi connectivity index (χ3n) is 3.82. The van der Waals surface area contributed by atoms with E-state index in [1.807, 2.05) is 36.4 Å². The Morgan fingerprint density at radius 3 is 2.43 bits per heavy atom. The van der Waals surface area contributed by atoms with Crippen molar-refractivity contribution in [2.45, 2.75) is 32.0 Å². The lowest BCUT2D eigenvalue weighted by Gasteiger charge is -2.22. The van der Waals surface area contributed by atoms with Crippen molar-refractivity contribution in [3.63, 3.8) is 0 Å². The zero-order valence-corrected chi connectivity index (χ0v) is 13.3. The number of rotatable bonds is 5. The third-order valence-corrected chi connectivity index (χ3v) is 4.31. The molecule has 4 heteroatoms. The molecule has 0 spiro atoms. The average molecular weight is 349 g/mol. The first-order valence-electron chi connectivity index (χ1n) is 7.14. The van der Waals surface area contributed by atoms with Gasteiger partial charge in [-0.1, -0.05) is 34.1 Å². The van der Waals surface area contributed by atoms with Crippen LogP contribution < -0.4 is 5.73 Å². The molecule has 1 aliphatic carbocycles. The van der Waals surface area contributed by atoms with E-state index in [0.717, 1.165) is 22.3 Å². The smallest absolute Gasteiger partial charge is 0.128 e. The van der Waals surface area contributed by atoms with Crippen molar-refractivity contribution in [3.8, 4) is 0 Å². The van der Waals surface area contributed by atoms with Gasteiger partial charge < -0.3 is 5.73 Å². The van der Waals surface area contributed by atoms with Crippen LogP contribution in [0.3, 0.4) is 0 Å². The van der Waals surface area contributed by atoms with Gasteiger partial charge in [-0.15, -0.1) is 0 Å². The molecule has 110 valence electrons. The van der Waals surface area contributed by atoms with E-state index < -0.39 is 0 Å². The van der Waals surface area contributed by atoms with Gasteiger partial charge in [-0.05, 0) is 42.7 Å². The fourth-order valence-corrected chi connectivity index (χ4v) is 2.81. The molecule has 0 unspecified atom stereocenters. The van der Waals surface area contributed by atoms with Gasteiger partial charge in [-0.2, -0.15) is 0 Å². The van der Waals surface area contributed by atoms with Gasteiger partial charge in [-0.3, -0.25) is 4.90 Å². The Kier molecular flexibility index (Phi) is 4.27. The third kappa shape index (κ3) is 3.83. The van der Waals surface area contributed by atoms with E-state index in [4.69, 9.17) is 5.73 Å². The SMILES string of the molecule is Nc1ccc(CN(Cc2ccc(Br)cc2F)C2CC2)cc1. The molecular formula is C17H18BrFN2. The van der Waals surface area contributed by atoms with Crippen molar-refractivity contribution >= 4 is 21.6 Å². The van der Waals surface area contributed by atoms with Crippen LogP contribution in [0, 0.1) is 5.82 Å². The second-order valence-corrected chi connectivity index (χ2v) is 6.53. The summed E-state index contributed by atoms with van der Waals surface area (Å²) in [7, 11) is 0. The Morgan fingerprint density at radius 2 is 1.81 bits per heavy atom. The molecule has 1 aliphatic rings. The molecule has 1 fully saturated rings. The summed E-state index contributed by atoms with van der Waals surface area (Å²) in [5.74, 6) is -0.146. The molecule has 1 saturated carbocycles. The average Bonchev–Trinajstić information content (AvgIpc) is 3.28. The van der Waals surface area contributed by atoms with Crippen LogP contribution in [0.2, 0.25) is 0 Å². The first-order valence-corrected chi connectivity index (χ1v) is 7.93. The molecule has 2 N–H and O–H groups in total. The summed E-state index contributed by atoms with van der Waals surface area (Å²) in [5, 5.41) is 0. The number of hydrogen-bond acceptors (Lipinski definition) is 2. The molecule has 3 rings (SSSR count). The van der Waals surface area contributed by atoms with E-state index >= 15 is 0 Å². The highest BCUT2D eigenvalue weighted by molar-refractivity contribution is 9.10. The van der Waals surface area contributed by atoms with Crippen molar-refractivity contribution < 1.29 is 4.39 Å². The van der Waals surface area contributed by atoms with E-state index in [2.05, 4.69) is 20.8 Å². The van der Waals surface area contributed by atoms with Crippen molar-refractivity contribution in [2.24, 2.45) is 0 Å². The molecule has 0 aliphatic heterocycles. The van der Waals surface area contributed by atoms with Crippen molar-refractivity contribution in [2.75, 3.05) is 5.73 Å². The van der Waals surface area contributed by atoms with E-state index in [1.165, 1.54) is 24.5 Å². The lowest BCUT2D eigenvalue weighted by atomic mass is 10.1. The van der Waals surface area contributed by atoms with Gasteiger partial charge in [0.2, 0.25) is 0 Å². The normalized spacial score (nSPS) is 14.6. The Morgan fingerprint density at radius 1 is 1.10 bits per heavy atom. The molecule has 2 aromatic rings. The molecule has 0 bridgehead atoms. The molecule has 2 nitrogen and oxygen atoms in total. The van der Waals surface area contributed by atoms with Crippen LogP contribution in [-0.2, 0) is 13.1 Å². The Labute approximate surface area is 132 Å². The van der Waals surface area contributed by atoms with Crippen LogP contribution in [0.15, 0.2) is 46.9 Å². The highest BCUT2D eigenvalue weighted by atomic mass is 79.9. The van der Waals surface area contributed by atoms with Gasteiger partial charge in [0.15, 0.2) is 0 Å². The molecule has 0 heterocycles. The second-order valence-electron chi connectivity index (χ2n) is 5.61. The maximum absolute atomic E-state index is 14.0. The summed E-state index contributed by atoms with van der Waals surface area (Å²) in [4.78, 5) is 2.35. The van der Waals surface area contributed by atoms with Crippen molar-refractivity contribution in [3.05, 3.63) is 63.9 Å². The Bertz CT molecular complexity index is 623. The molecular weight excluding hydrogens is 331 g/mol. The van der Waals surface area contributed by atoms with E-state index in [1.54, 1.807) is 0 Å². The zero-order chi connectivity index (χ0) is 14.8. The quantitative estimate of drug-likeness (QED) is 0.814. The minimum Gasteiger partial charge on any atom is -0.399 e. The van der Waals surface area contributed by atoms with E-state index in [0.29, 0.717) is 12.6 Å². The van der Waals surface area contributed by atoms with E-state index in [9.17, 15) is 4.39 Å². The van der Waals surface area contributed by atoms with Gasteiger partial charge in [0.25, 0.3) is 0 Å². The number of benzene rings is 2. The summed E-state index contributed by atoms with van der Waals surface area (Å²) in [5.41, 5.74) is 8.46. The largest absolute Gasteiger partial charge is 0.399 e. The van der Waals surface area contributed by atoms with Gasteiger partial charge >= 0.3 is 0 Å². The van der Waals surface area contributed by atoms with Crippen molar-refractivity contribution in [1.29, 1.82) is 0 Å². The maximum atomic E-state index is 14.0. The first kappa shape index (κ1) is 14.5. The topological polar surface area (TPSA) is 29.3 Å². The maximum Gasteiger partial charge on any atom is 0.128 e. The monoisotopic (exact) mass is 348 g/mol. The minimum absolute atomic E-state index is 0.146. The molecule has 0 aromatic heterocycles. The summed E-state index contributed by atoms with van der Waals surface area (Å²) in [6, 6.07) is 13.8. The number of halogens is 2. The summed E-state index contributed by atoms with van der Waals surface area (Å²) >= 11 is 3.30. The summed E-state index contributed by atoms with van der Waals surface area (Å²) in [6.07, 6.45) is 2.40. The number of nitrogen functional groups attached to an aromatic ring is 1. The molecule has 21 heavy (non-hydrogen) atoms. The van der Waals surface area contributed by atoms with Gasteiger partial charge in [0.1, 0.15) is 5.82 Å². The fourth-order valence-electron chi connectivity index (χ4n) is 2.48. The Balaban J connectivity index is 1.74. The molecule has 0 radical (unpaired) electrons.